The smallest absolute Gasteiger partial charge is 0.243 e. The first-order valence-corrected chi connectivity index (χ1v) is 13.3. The van der Waals surface area contributed by atoms with E-state index in [1.54, 1.807) is 12.3 Å². The predicted molar refractivity (Wildman–Crippen MR) is 134 cm³/mol. The molecule has 2 aromatic heterocycles. The fourth-order valence-electron chi connectivity index (χ4n) is 4.81. The number of aromatic nitrogens is 3. The standard InChI is InChI=1S/C25H23ClN4O5S/c1-33-21-7-5-18(14-19(21)26)36(31,32)29-11-8-17(9-12-29)30-24(28-20-3-2-10-27-25(20)30)16-4-6-22-23(13-16)35-15-34-22/h2-7,10,13-14,17H,8-9,11-12,15H2,1H3. The first kappa shape index (κ1) is 23.1. The van der Waals surface area contributed by atoms with Gasteiger partial charge in [-0.25, -0.2) is 18.4 Å². The summed E-state index contributed by atoms with van der Waals surface area (Å²) in [6.45, 7) is 0.927. The molecule has 2 aliphatic rings. The molecule has 0 aliphatic carbocycles. The minimum atomic E-state index is -3.69. The molecule has 9 nitrogen and oxygen atoms in total. The van der Waals surface area contributed by atoms with Gasteiger partial charge in [-0.1, -0.05) is 11.6 Å². The highest BCUT2D eigenvalue weighted by molar-refractivity contribution is 7.89. The molecule has 0 N–H and O–H groups in total. The molecule has 0 saturated carbocycles. The molecule has 186 valence electrons. The third-order valence-corrected chi connectivity index (χ3v) is 8.82. The highest BCUT2D eigenvalue weighted by atomic mass is 35.5. The Kier molecular flexibility index (Phi) is 5.74. The van der Waals surface area contributed by atoms with Gasteiger partial charge in [0.05, 0.1) is 17.0 Å². The highest BCUT2D eigenvalue weighted by Gasteiger charge is 2.32. The van der Waals surface area contributed by atoms with Gasteiger partial charge < -0.3 is 18.8 Å². The van der Waals surface area contributed by atoms with Crippen molar-refractivity contribution in [1.82, 2.24) is 18.8 Å². The van der Waals surface area contributed by atoms with E-state index in [1.165, 1.54) is 23.5 Å². The Balaban J connectivity index is 1.30. The summed E-state index contributed by atoms with van der Waals surface area (Å²) in [6.07, 6.45) is 2.97. The van der Waals surface area contributed by atoms with Crippen molar-refractivity contribution in [3.05, 3.63) is 59.8 Å². The van der Waals surface area contributed by atoms with E-state index in [-0.39, 0.29) is 22.8 Å². The van der Waals surface area contributed by atoms with Gasteiger partial charge in [0, 0.05) is 30.9 Å². The third kappa shape index (κ3) is 3.85. The number of ether oxygens (including phenoxy) is 3. The van der Waals surface area contributed by atoms with Crippen molar-refractivity contribution < 1.29 is 22.6 Å². The minimum Gasteiger partial charge on any atom is -0.495 e. The minimum absolute atomic E-state index is 0.0243. The SMILES string of the molecule is COc1ccc(S(=O)(=O)N2CCC(n3c(-c4ccc5c(c4)OCO5)nc4cccnc43)CC2)cc1Cl. The monoisotopic (exact) mass is 526 g/mol. The normalized spacial score (nSPS) is 16.5. The number of hydrogen-bond acceptors (Lipinski definition) is 7. The molecule has 0 bridgehead atoms. The van der Waals surface area contributed by atoms with Gasteiger partial charge in [0.15, 0.2) is 17.1 Å². The molecular formula is C25H23ClN4O5S. The van der Waals surface area contributed by atoms with Gasteiger partial charge in [0.1, 0.15) is 17.1 Å². The maximum atomic E-state index is 13.3. The Morgan fingerprint density at radius 2 is 1.86 bits per heavy atom. The van der Waals surface area contributed by atoms with E-state index < -0.39 is 10.0 Å². The van der Waals surface area contributed by atoms with Crippen molar-refractivity contribution in [2.45, 2.75) is 23.8 Å². The van der Waals surface area contributed by atoms with E-state index in [0.29, 0.717) is 43.2 Å². The fourth-order valence-corrected chi connectivity index (χ4v) is 6.63. The summed E-state index contributed by atoms with van der Waals surface area (Å²) in [7, 11) is -2.20. The molecule has 0 spiro atoms. The topological polar surface area (TPSA) is 95.8 Å². The summed E-state index contributed by atoms with van der Waals surface area (Å²) in [5.74, 6) is 2.59. The van der Waals surface area contributed by atoms with Crippen molar-refractivity contribution in [3.63, 3.8) is 0 Å². The molecule has 0 amide bonds. The van der Waals surface area contributed by atoms with Crippen molar-refractivity contribution in [2.24, 2.45) is 0 Å². The second-order valence-electron chi connectivity index (χ2n) is 8.65. The highest BCUT2D eigenvalue weighted by Crippen LogP contribution is 2.39. The summed E-state index contributed by atoms with van der Waals surface area (Å²) >= 11 is 6.19. The Morgan fingerprint density at radius 1 is 1.06 bits per heavy atom. The number of hydrogen-bond donors (Lipinski definition) is 0. The maximum absolute atomic E-state index is 13.3. The molecule has 0 atom stereocenters. The van der Waals surface area contributed by atoms with Gasteiger partial charge in [0.2, 0.25) is 16.8 Å². The Labute approximate surface area is 213 Å². The third-order valence-electron chi connectivity index (χ3n) is 6.63. The molecule has 4 heterocycles. The van der Waals surface area contributed by atoms with Crippen LogP contribution < -0.4 is 14.2 Å². The largest absolute Gasteiger partial charge is 0.495 e. The van der Waals surface area contributed by atoms with Crippen molar-refractivity contribution >= 4 is 32.8 Å². The van der Waals surface area contributed by atoms with Crippen LogP contribution in [0.25, 0.3) is 22.6 Å². The number of methoxy groups -OCH3 is 1. The van der Waals surface area contributed by atoms with Crippen LogP contribution in [0.3, 0.4) is 0 Å². The Hall–Kier alpha value is -3.34. The van der Waals surface area contributed by atoms with Gasteiger partial charge in [-0.3, -0.25) is 0 Å². The van der Waals surface area contributed by atoms with Crippen LogP contribution in [-0.4, -0.2) is 54.3 Å². The molecule has 1 fully saturated rings. The second kappa shape index (κ2) is 8.95. The van der Waals surface area contributed by atoms with Crippen molar-refractivity contribution in [1.29, 1.82) is 0 Å². The molecule has 0 unspecified atom stereocenters. The fraction of sp³-hybridized carbons (Fsp3) is 0.280. The van der Waals surface area contributed by atoms with Crippen LogP contribution in [0, 0.1) is 0 Å². The van der Waals surface area contributed by atoms with Gasteiger partial charge in [-0.05, 0) is 61.4 Å². The number of nitrogens with zero attached hydrogens (tertiary/aromatic N) is 4. The number of imidazole rings is 1. The lowest BCUT2D eigenvalue weighted by Crippen LogP contribution is -2.39. The number of rotatable bonds is 5. The average Bonchev–Trinajstić information content (AvgIpc) is 3.53. The molecule has 2 aromatic carbocycles. The molecular weight excluding hydrogens is 504 g/mol. The number of sulfonamides is 1. The van der Waals surface area contributed by atoms with Gasteiger partial charge >= 0.3 is 0 Å². The van der Waals surface area contributed by atoms with Crippen LogP contribution in [0.4, 0.5) is 0 Å². The van der Waals surface area contributed by atoms with Crippen LogP contribution in [0.15, 0.2) is 59.6 Å². The zero-order chi connectivity index (χ0) is 24.9. The van der Waals surface area contributed by atoms with Gasteiger partial charge in [0.25, 0.3) is 0 Å². The van der Waals surface area contributed by atoms with Gasteiger partial charge in [-0.15, -0.1) is 0 Å². The number of piperidine rings is 1. The summed E-state index contributed by atoms with van der Waals surface area (Å²) in [5, 5.41) is 0.262. The van der Waals surface area contributed by atoms with Crippen LogP contribution in [0.1, 0.15) is 18.9 Å². The number of pyridine rings is 1. The molecule has 0 radical (unpaired) electrons. The Bertz CT molecular complexity index is 1560. The summed E-state index contributed by atoms with van der Waals surface area (Å²) < 4.78 is 46.4. The summed E-state index contributed by atoms with van der Waals surface area (Å²) in [6, 6.07) is 14.1. The Morgan fingerprint density at radius 3 is 2.64 bits per heavy atom. The van der Waals surface area contributed by atoms with Crippen molar-refractivity contribution in [2.75, 3.05) is 27.0 Å². The molecule has 2 aliphatic heterocycles. The second-order valence-corrected chi connectivity index (χ2v) is 11.0. The lowest BCUT2D eigenvalue weighted by molar-refractivity contribution is 0.174. The van der Waals surface area contributed by atoms with E-state index in [1.807, 2.05) is 30.3 Å². The van der Waals surface area contributed by atoms with Crippen LogP contribution in [0.5, 0.6) is 17.2 Å². The number of halogens is 1. The summed E-state index contributed by atoms with van der Waals surface area (Å²) in [4.78, 5) is 9.63. The van der Waals surface area contributed by atoms with E-state index in [9.17, 15) is 8.42 Å². The zero-order valence-electron chi connectivity index (χ0n) is 19.4. The molecule has 6 rings (SSSR count). The van der Waals surface area contributed by atoms with Crippen LogP contribution in [-0.2, 0) is 10.0 Å². The lowest BCUT2D eigenvalue weighted by atomic mass is 10.1. The lowest BCUT2D eigenvalue weighted by Gasteiger charge is -2.32. The first-order chi connectivity index (χ1) is 17.5. The first-order valence-electron chi connectivity index (χ1n) is 11.5. The zero-order valence-corrected chi connectivity index (χ0v) is 21.0. The van der Waals surface area contributed by atoms with E-state index in [4.69, 9.17) is 30.8 Å². The average molecular weight is 527 g/mol. The number of benzene rings is 2. The predicted octanol–water partition coefficient (Wildman–Crippen LogP) is 4.51. The van der Waals surface area contributed by atoms with E-state index in [0.717, 1.165) is 22.6 Å². The van der Waals surface area contributed by atoms with Crippen LogP contribution >= 0.6 is 11.6 Å². The molecule has 4 aromatic rings. The summed E-state index contributed by atoms with van der Waals surface area (Å²) in [5.41, 5.74) is 2.45. The molecule has 36 heavy (non-hydrogen) atoms. The maximum Gasteiger partial charge on any atom is 0.243 e. The van der Waals surface area contributed by atoms with Crippen molar-refractivity contribution in [3.8, 4) is 28.6 Å². The van der Waals surface area contributed by atoms with E-state index in [2.05, 4.69) is 9.55 Å². The van der Waals surface area contributed by atoms with Crippen LogP contribution in [0.2, 0.25) is 5.02 Å². The molecule has 1 saturated heterocycles. The quantitative estimate of drug-likeness (QED) is 0.377. The number of fused-ring (bicyclic) bond motifs is 2. The van der Waals surface area contributed by atoms with E-state index >= 15 is 0 Å². The van der Waals surface area contributed by atoms with Gasteiger partial charge in [-0.2, -0.15) is 4.31 Å². The molecule has 11 heteroatoms.